The first kappa shape index (κ1) is 20.6. The number of carboxylic acid groups (broad SMARTS) is 1. The van der Waals surface area contributed by atoms with E-state index in [1.54, 1.807) is 24.4 Å². The van der Waals surface area contributed by atoms with E-state index in [4.69, 9.17) is 15.6 Å². The van der Waals surface area contributed by atoms with Gasteiger partial charge in [-0.05, 0) is 46.5 Å². The highest BCUT2D eigenvalue weighted by Crippen LogP contribution is 2.31. The van der Waals surface area contributed by atoms with Gasteiger partial charge in [0.15, 0.2) is 0 Å². The Morgan fingerprint density at radius 3 is 2.77 bits per heavy atom. The molecule has 0 spiro atoms. The Kier molecular flexibility index (Phi) is 5.97. The van der Waals surface area contributed by atoms with Crippen molar-refractivity contribution in [3.63, 3.8) is 0 Å². The minimum atomic E-state index is -0.904. The molecule has 4 rings (SSSR count). The van der Waals surface area contributed by atoms with Crippen molar-refractivity contribution >= 4 is 16.9 Å². The van der Waals surface area contributed by atoms with Crippen molar-refractivity contribution in [2.75, 3.05) is 6.61 Å². The van der Waals surface area contributed by atoms with Gasteiger partial charge in [-0.25, -0.2) is 0 Å². The van der Waals surface area contributed by atoms with Crippen molar-refractivity contribution in [3.8, 4) is 16.9 Å². The molecule has 0 aliphatic carbocycles. The van der Waals surface area contributed by atoms with Crippen LogP contribution < -0.4 is 10.5 Å². The quantitative estimate of drug-likeness (QED) is 0.348. The summed E-state index contributed by atoms with van der Waals surface area (Å²) in [5, 5.41) is 26.7. The van der Waals surface area contributed by atoms with Gasteiger partial charge in [0.25, 0.3) is 0 Å². The zero-order valence-corrected chi connectivity index (χ0v) is 16.8. The third-order valence-corrected chi connectivity index (χ3v) is 5.15. The summed E-state index contributed by atoms with van der Waals surface area (Å²) in [6.45, 7) is 0.142. The van der Waals surface area contributed by atoms with Crippen LogP contribution in [0.3, 0.4) is 0 Å². The smallest absolute Gasteiger partial charge is 0.307 e. The second-order valence-corrected chi connectivity index (χ2v) is 7.36. The van der Waals surface area contributed by atoms with Crippen molar-refractivity contribution in [2.45, 2.75) is 19.1 Å². The number of fused-ring (bicyclic) bond motifs is 1. The number of aliphatic hydroxyl groups is 1. The standard InChI is InChI=1S/C24H23N3O4/c25-21(13-28)17-6-3-5-16(10-17)19-8-15(9-22-20(19)12-26-27-22)14-31-23-7-2-1-4-18(23)11-24(29)30/h1-10,12,21,28H,11,13-14,25H2,(H,26,27)(H,29,30)/t21-/m1/s1. The molecule has 0 saturated heterocycles. The molecule has 31 heavy (non-hydrogen) atoms. The van der Waals surface area contributed by atoms with Crippen LogP contribution in [0.25, 0.3) is 22.0 Å². The van der Waals surface area contributed by atoms with Crippen molar-refractivity contribution in [1.82, 2.24) is 10.2 Å². The molecule has 1 heterocycles. The van der Waals surface area contributed by atoms with E-state index >= 15 is 0 Å². The van der Waals surface area contributed by atoms with Crippen molar-refractivity contribution in [2.24, 2.45) is 5.73 Å². The molecule has 158 valence electrons. The van der Waals surface area contributed by atoms with E-state index in [-0.39, 0.29) is 19.6 Å². The molecule has 4 aromatic rings. The lowest BCUT2D eigenvalue weighted by atomic mass is 9.96. The van der Waals surface area contributed by atoms with Crippen molar-refractivity contribution < 1.29 is 19.7 Å². The number of benzene rings is 3. The van der Waals surface area contributed by atoms with E-state index in [9.17, 15) is 9.90 Å². The van der Waals surface area contributed by atoms with Gasteiger partial charge in [0.05, 0.1) is 30.8 Å². The number of aromatic nitrogens is 2. The number of aliphatic hydroxyl groups excluding tert-OH is 1. The van der Waals surface area contributed by atoms with Gasteiger partial charge in [-0.15, -0.1) is 0 Å². The molecule has 1 atom stereocenters. The predicted molar refractivity (Wildman–Crippen MR) is 118 cm³/mol. The summed E-state index contributed by atoms with van der Waals surface area (Å²) >= 11 is 0. The van der Waals surface area contributed by atoms with Crippen LogP contribution in [0, 0.1) is 0 Å². The topological polar surface area (TPSA) is 121 Å². The molecule has 7 nitrogen and oxygen atoms in total. The zero-order valence-electron chi connectivity index (χ0n) is 16.8. The van der Waals surface area contributed by atoms with Crippen molar-refractivity contribution in [1.29, 1.82) is 0 Å². The second kappa shape index (κ2) is 8.99. The van der Waals surface area contributed by atoms with Gasteiger partial charge in [0, 0.05) is 10.9 Å². The molecule has 0 fully saturated rings. The first-order valence-electron chi connectivity index (χ1n) is 9.90. The highest BCUT2D eigenvalue weighted by atomic mass is 16.5. The Balaban J connectivity index is 1.67. The number of nitrogens with one attached hydrogen (secondary N) is 1. The molecule has 0 radical (unpaired) electrons. The minimum absolute atomic E-state index is 0.0983. The molecular formula is C24H23N3O4. The predicted octanol–water partition coefficient (Wildman–Crippen LogP) is 3.43. The fourth-order valence-corrected chi connectivity index (χ4v) is 3.59. The van der Waals surface area contributed by atoms with Gasteiger partial charge in [-0.1, -0.05) is 36.4 Å². The number of nitrogens with zero attached hydrogens (tertiary/aromatic N) is 1. The van der Waals surface area contributed by atoms with E-state index in [2.05, 4.69) is 10.2 Å². The van der Waals surface area contributed by atoms with Crippen LogP contribution in [0.4, 0.5) is 0 Å². The van der Waals surface area contributed by atoms with Gasteiger partial charge in [-0.2, -0.15) is 5.10 Å². The van der Waals surface area contributed by atoms with Crippen LogP contribution in [0.15, 0.2) is 66.9 Å². The van der Waals surface area contributed by atoms with Crippen molar-refractivity contribution in [3.05, 3.63) is 83.6 Å². The third kappa shape index (κ3) is 4.58. The molecule has 0 aliphatic rings. The maximum Gasteiger partial charge on any atom is 0.307 e. The SMILES string of the molecule is N[C@H](CO)c1cccc(-c2cc(COc3ccccc3CC(=O)O)cc3[nH]ncc23)c1. The lowest BCUT2D eigenvalue weighted by molar-refractivity contribution is -0.136. The number of aromatic amines is 1. The zero-order chi connectivity index (χ0) is 21.8. The molecular weight excluding hydrogens is 394 g/mol. The van der Waals surface area contributed by atoms with Crippen LogP contribution in [0.2, 0.25) is 0 Å². The normalized spacial score (nSPS) is 12.1. The Labute approximate surface area is 179 Å². The number of ether oxygens (including phenoxy) is 1. The Morgan fingerprint density at radius 2 is 1.97 bits per heavy atom. The van der Waals surface area contributed by atoms with Gasteiger partial charge < -0.3 is 20.7 Å². The second-order valence-electron chi connectivity index (χ2n) is 7.36. The average Bonchev–Trinajstić information content (AvgIpc) is 3.26. The largest absolute Gasteiger partial charge is 0.489 e. The molecule has 0 amide bonds. The van der Waals surface area contributed by atoms with Crippen LogP contribution >= 0.6 is 0 Å². The Morgan fingerprint density at radius 1 is 1.13 bits per heavy atom. The third-order valence-electron chi connectivity index (χ3n) is 5.15. The molecule has 5 N–H and O–H groups in total. The lowest BCUT2D eigenvalue weighted by Crippen LogP contribution is -2.14. The first-order valence-corrected chi connectivity index (χ1v) is 9.90. The molecule has 0 unspecified atom stereocenters. The molecule has 0 aliphatic heterocycles. The van der Waals surface area contributed by atoms with E-state index in [0.29, 0.717) is 11.3 Å². The summed E-state index contributed by atoms with van der Waals surface area (Å²) in [5.74, 6) is -0.356. The number of carbonyl (C=O) groups is 1. The van der Waals surface area contributed by atoms with E-state index in [1.807, 2.05) is 42.5 Å². The van der Waals surface area contributed by atoms with E-state index < -0.39 is 12.0 Å². The van der Waals surface area contributed by atoms with E-state index in [1.165, 1.54) is 0 Å². The van der Waals surface area contributed by atoms with Crippen LogP contribution in [-0.2, 0) is 17.8 Å². The Hall–Kier alpha value is -3.68. The molecule has 3 aromatic carbocycles. The number of nitrogens with two attached hydrogens (primary N) is 1. The summed E-state index contributed by atoms with van der Waals surface area (Å²) in [4.78, 5) is 11.1. The van der Waals surface area contributed by atoms with Gasteiger partial charge in [0.2, 0.25) is 0 Å². The number of H-pyrrole nitrogens is 1. The fraction of sp³-hybridized carbons (Fsp3) is 0.167. The summed E-state index contributed by atoms with van der Waals surface area (Å²) < 4.78 is 5.97. The number of hydrogen-bond acceptors (Lipinski definition) is 5. The van der Waals surface area contributed by atoms with Crippen LogP contribution in [0.1, 0.15) is 22.7 Å². The molecule has 0 saturated carbocycles. The summed E-state index contributed by atoms with van der Waals surface area (Å²) in [6.07, 6.45) is 1.68. The summed E-state index contributed by atoms with van der Waals surface area (Å²) in [6, 6.07) is 18.5. The summed E-state index contributed by atoms with van der Waals surface area (Å²) in [5.41, 5.74) is 11.2. The number of aliphatic carboxylic acids is 1. The van der Waals surface area contributed by atoms with Gasteiger partial charge >= 0.3 is 5.97 Å². The molecule has 1 aromatic heterocycles. The fourth-order valence-electron chi connectivity index (χ4n) is 3.59. The average molecular weight is 417 g/mol. The first-order chi connectivity index (χ1) is 15.0. The number of hydrogen-bond donors (Lipinski definition) is 4. The summed E-state index contributed by atoms with van der Waals surface area (Å²) in [7, 11) is 0. The number of para-hydroxylation sites is 1. The number of carboxylic acids is 1. The highest BCUT2D eigenvalue weighted by Gasteiger charge is 2.13. The molecule has 0 bridgehead atoms. The van der Waals surface area contributed by atoms with Crippen LogP contribution in [0.5, 0.6) is 5.75 Å². The molecule has 7 heteroatoms. The maximum absolute atomic E-state index is 11.1. The Bertz CT molecular complexity index is 1220. The highest BCUT2D eigenvalue weighted by molar-refractivity contribution is 5.95. The van der Waals surface area contributed by atoms with Gasteiger partial charge in [0.1, 0.15) is 12.4 Å². The maximum atomic E-state index is 11.1. The minimum Gasteiger partial charge on any atom is -0.489 e. The monoisotopic (exact) mass is 417 g/mol. The van der Waals surface area contributed by atoms with E-state index in [0.717, 1.165) is 33.2 Å². The lowest BCUT2D eigenvalue weighted by Gasteiger charge is -2.14. The van der Waals surface area contributed by atoms with Crippen LogP contribution in [-0.4, -0.2) is 33.0 Å². The van der Waals surface area contributed by atoms with Gasteiger partial charge in [-0.3, -0.25) is 9.89 Å². The number of rotatable bonds is 8.